The molecule has 1 aliphatic rings. The molecule has 0 unspecified atom stereocenters. The van der Waals surface area contributed by atoms with Crippen molar-refractivity contribution >= 4 is 33.2 Å². The summed E-state index contributed by atoms with van der Waals surface area (Å²) in [7, 11) is 0. The SMILES string of the molecule is O=C1CCc2cc(NCc3cccc(Br)c3O)ccc2N1. The molecule has 1 amide bonds. The molecule has 21 heavy (non-hydrogen) atoms. The molecular formula is C16H15BrN2O2. The van der Waals surface area contributed by atoms with E-state index in [0.29, 0.717) is 17.4 Å². The first kappa shape index (κ1) is 13.9. The minimum atomic E-state index is 0.0715. The van der Waals surface area contributed by atoms with Crippen LogP contribution in [0.5, 0.6) is 5.75 Å². The molecule has 1 heterocycles. The van der Waals surface area contributed by atoms with E-state index in [1.54, 1.807) is 6.07 Å². The predicted octanol–water partition coefficient (Wildman–Crippen LogP) is 3.65. The van der Waals surface area contributed by atoms with Crippen molar-refractivity contribution in [3.63, 3.8) is 0 Å². The Bertz CT molecular complexity index is 701. The lowest BCUT2D eigenvalue weighted by molar-refractivity contribution is -0.116. The van der Waals surface area contributed by atoms with Crippen molar-refractivity contribution in [1.29, 1.82) is 0 Å². The van der Waals surface area contributed by atoms with E-state index in [2.05, 4.69) is 26.6 Å². The topological polar surface area (TPSA) is 61.4 Å². The molecule has 3 N–H and O–H groups in total. The zero-order chi connectivity index (χ0) is 14.8. The number of nitrogens with one attached hydrogen (secondary N) is 2. The van der Waals surface area contributed by atoms with Crippen molar-refractivity contribution < 1.29 is 9.90 Å². The van der Waals surface area contributed by atoms with Crippen molar-refractivity contribution in [3.05, 3.63) is 52.0 Å². The number of fused-ring (bicyclic) bond motifs is 1. The fourth-order valence-corrected chi connectivity index (χ4v) is 2.80. The van der Waals surface area contributed by atoms with Gasteiger partial charge in [0, 0.05) is 29.9 Å². The molecule has 3 rings (SSSR count). The standard InChI is InChI=1S/C16H15BrN2O2/c17-13-3-1-2-11(16(13)21)9-18-12-5-6-14-10(8-12)4-7-15(20)19-14/h1-3,5-6,8,18,21H,4,7,9H2,(H,19,20). The van der Waals surface area contributed by atoms with Gasteiger partial charge in [-0.2, -0.15) is 0 Å². The van der Waals surface area contributed by atoms with Gasteiger partial charge in [-0.25, -0.2) is 0 Å². The van der Waals surface area contributed by atoms with Crippen LogP contribution < -0.4 is 10.6 Å². The second kappa shape index (κ2) is 5.77. The lowest BCUT2D eigenvalue weighted by Crippen LogP contribution is -2.18. The van der Waals surface area contributed by atoms with Crippen LogP contribution in [0.4, 0.5) is 11.4 Å². The summed E-state index contributed by atoms with van der Waals surface area (Å²) in [5.74, 6) is 0.331. The van der Waals surface area contributed by atoms with Gasteiger partial charge in [-0.15, -0.1) is 0 Å². The van der Waals surface area contributed by atoms with Gasteiger partial charge in [-0.1, -0.05) is 12.1 Å². The van der Waals surface area contributed by atoms with Gasteiger partial charge in [0.05, 0.1) is 4.47 Å². The molecule has 2 aromatic rings. The third kappa shape index (κ3) is 3.03. The van der Waals surface area contributed by atoms with Crippen molar-refractivity contribution in [1.82, 2.24) is 0 Å². The van der Waals surface area contributed by atoms with Crippen molar-refractivity contribution in [2.45, 2.75) is 19.4 Å². The minimum Gasteiger partial charge on any atom is -0.506 e. The van der Waals surface area contributed by atoms with Gasteiger partial charge >= 0.3 is 0 Å². The molecule has 108 valence electrons. The second-order valence-corrected chi connectivity index (χ2v) is 5.88. The predicted molar refractivity (Wildman–Crippen MR) is 86.5 cm³/mol. The van der Waals surface area contributed by atoms with Gasteiger partial charge in [-0.3, -0.25) is 4.79 Å². The minimum absolute atomic E-state index is 0.0715. The average molecular weight is 347 g/mol. The molecule has 5 heteroatoms. The van der Waals surface area contributed by atoms with Crippen molar-refractivity contribution in [2.24, 2.45) is 0 Å². The number of hydrogen-bond donors (Lipinski definition) is 3. The van der Waals surface area contributed by atoms with Crippen LogP contribution in [-0.4, -0.2) is 11.0 Å². The number of benzene rings is 2. The van der Waals surface area contributed by atoms with Crippen LogP contribution >= 0.6 is 15.9 Å². The zero-order valence-electron chi connectivity index (χ0n) is 11.3. The van der Waals surface area contributed by atoms with E-state index in [1.807, 2.05) is 30.3 Å². The highest BCUT2D eigenvalue weighted by Gasteiger charge is 2.14. The van der Waals surface area contributed by atoms with E-state index in [-0.39, 0.29) is 11.7 Å². The van der Waals surface area contributed by atoms with Gasteiger partial charge in [0.2, 0.25) is 5.91 Å². The number of para-hydroxylation sites is 1. The number of aryl methyl sites for hydroxylation is 1. The van der Waals surface area contributed by atoms with Gasteiger partial charge in [0.25, 0.3) is 0 Å². The summed E-state index contributed by atoms with van der Waals surface area (Å²) in [5.41, 5.74) is 3.83. The lowest BCUT2D eigenvalue weighted by Gasteiger charge is -2.18. The maximum Gasteiger partial charge on any atom is 0.224 e. The Morgan fingerprint density at radius 2 is 2.10 bits per heavy atom. The summed E-state index contributed by atoms with van der Waals surface area (Å²) in [6.07, 6.45) is 1.29. The number of halogens is 1. The Morgan fingerprint density at radius 3 is 2.95 bits per heavy atom. The Morgan fingerprint density at radius 1 is 1.24 bits per heavy atom. The van der Waals surface area contributed by atoms with Crippen LogP contribution in [0, 0.1) is 0 Å². The Labute approximate surface area is 131 Å². The van der Waals surface area contributed by atoms with Crippen LogP contribution in [-0.2, 0) is 17.8 Å². The number of carbonyl (C=O) groups is 1. The average Bonchev–Trinajstić information content (AvgIpc) is 2.49. The molecule has 0 spiro atoms. The molecule has 0 saturated carbocycles. The number of amides is 1. The molecule has 0 saturated heterocycles. The van der Waals surface area contributed by atoms with E-state index >= 15 is 0 Å². The van der Waals surface area contributed by atoms with Gasteiger partial charge in [-0.05, 0) is 52.2 Å². The fraction of sp³-hybridized carbons (Fsp3) is 0.188. The van der Waals surface area contributed by atoms with Crippen LogP contribution in [0.15, 0.2) is 40.9 Å². The summed E-state index contributed by atoms with van der Waals surface area (Å²) in [6, 6.07) is 11.5. The fourth-order valence-electron chi connectivity index (χ4n) is 2.39. The quantitative estimate of drug-likeness (QED) is 0.794. The Kier molecular flexibility index (Phi) is 3.84. The summed E-state index contributed by atoms with van der Waals surface area (Å²) >= 11 is 3.31. The molecular weight excluding hydrogens is 332 g/mol. The number of carbonyl (C=O) groups excluding carboxylic acids is 1. The summed E-state index contributed by atoms with van der Waals surface area (Å²) in [6.45, 7) is 0.538. The third-order valence-electron chi connectivity index (χ3n) is 3.55. The summed E-state index contributed by atoms with van der Waals surface area (Å²) in [4.78, 5) is 11.3. The zero-order valence-corrected chi connectivity index (χ0v) is 12.9. The van der Waals surface area contributed by atoms with Crippen molar-refractivity contribution in [2.75, 3.05) is 10.6 Å². The molecule has 0 aromatic heterocycles. The lowest BCUT2D eigenvalue weighted by atomic mass is 10.0. The molecule has 0 fully saturated rings. The van der Waals surface area contributed by atoms with E-state index in [9.17, 15) is 9.90 Å². The van der Waals surface area contributed by atoms with Gasteiger partial charge < -0.3 is 15.7 Å². The number of aromatic hydroxyl groups is 1. The number of anilines is 2. The van der Waals surface area contributed by atoms with Crippen molar-refractivity contribution in [3.8, 4) is 5.75 Å². The molecule has 4 nitrogen and oxygen atoms in total. The Hall–Kier alpha value is -2.01. The van der Waals surface area contributed by atoms with Gasteiger partial charge in [0.15, 0.2) is 0 Å². The van der Waals surface area contributed by atoms with Crippen LogP contribution in [0.25, 0.3) is 0 Å². The molecule has 0 radical (unpaired) electrons. The van der Waals surface area contributed by atoms with Crippen LogP contribution in [0.1, 0.15) is 17.5 Å². The molecule has 0 aliphatic carbocycles. The summed E-state index contributed by atoms with van der Waals surface area (Å²) in [5, 5.41) is 16.1. The highest BCUT2D eigenvalue weighted by Crippen LogP contribution is 2.29. The van der Waals surface area contributed by atoms with E-state index in [1.165, 1.54) is 0 Å². The summed E-state index contributed by atoms with van der Waals surface area (Å²) < 4.78 is 0.690. The normalized spacial score (nSPS) is 13.5. The molecule has 2 aromatic carbocycles. The first-order chi connectivity index (χ1) is 10.1. The number of phenolic OH excluding ortho intramolecular Hbond substituents is 1. The Balaban J connectivity index is 1.74. The first-order valence-electron chi connectivity index (χ1n) is 6.76. The third-order valence-corrected chi connectivity index (χ3v) is 4.19. The molecule has 0 bridgehead atoms. The highest BCUT2D eigenvalue weighted by molar-refractivity contribution is 9.10. The highest BCUT2D eigenvalue weighted by atomic mass is 79.9. The molecule has 0 atom stereocenters. The maximum atomic E-state index is 11.3. The van der Waals surface area contributed by atoms with E-state index in [4.69, 9.17) is 0 Å². The number of rotatable bonds is 3. The first-order valence-corrected chi connectivity index (χ1v) is 7.56. The van der Waals surface area contributed by atoms with Gasteiger partial charge in [0.1, 0.15) is 5.75 Å². The van der Waals surface area contributed by atoms with E-state index in [0.717, 1.165) is 28.9 Å². The van der Waals surface area contributed by atoms with Crippen LogP contribution in [0.2, 0.25) is 0 Å². The number of hydrogen-bond acceptors (Lipinski definition) is 3. The number of phenols is 1. The monoisotopic (exact) mass is 346 g/mol. The smallest absolute Gasteiger partial charge is 0.224 e. The maximum absolute atomic E-state index is 11.3. The van der Waals surface area contributed by atoms with Crippen LogP contribution in [0.3, 0.4) is 0 Å². The second-order valence-electron chi connectivity index (χ2n) is 5.02. The largest absolute Gasteiger partial charge is 0.506 e. The van der Waals surface area contributed by atoms with E-state index < -0.39 is 0 Å². The molecule has 1 aliphatic heterocycles.